The molecule has 0 aliphatic heterocycles. The first-order valence-electron chi connectivity index (χ1n) is 5.67. The molecule has 4 heteroatoms. The number of nitrogens with zero attached hydrogens (tertiary/aromatic N) is 1. The van der Waals surface area contributed by atoms with Crippen molar-refractivity contribution in [2.75, 3.05) is 0 Å². The van der Waals surface area contributed by atoms with Gasteiger partial charge >= 0.3 is 0 Å². The highest BCUT2D eigenvalue weighted by Gasteiger charge is 2.11. The van der Waals surface area contributed by atoms with Crippen molar-refractivity contribution in [3.63, 3.8) is 0 Å². The van der Waals surface area contributed by atoms with Gasteiger partial charge in [0.2, 0.25) is 0 Å². The SMILES string of the molecule is CC(N[C@@H](C)c1ccc(F)cc1)c1ccn[nH]1. The molecule has 0 aliphatic carbocycles. The van der Waals surface area contributed by atoms with Gasteiger partial charge in [-0.05, 0) is 37.6 Å². The normalized spacial score (nSPS) is 14.5. The van der Waals surface area contributed by atoms with Crippen molar-refractivity contribution in [2.45, 2.75) is 25.9 Å². The Hall–Kier alpha value is -1.68. The van der Waals surface area contributed by atoms with E-state index in [1.807, 2.05) is 6.07 Å². The second-order valence-electron chi connectivity index (χ2n) is 4.17. The number of hydrogen-bond donors (Lipinski definition) is 2. The summed E-state index contributed by atoms with van der Waals surface area (Å²) in [6.07, 6.45) is 1.73. The van der Waals surface area contributed by atoms with E-state index in [4.69, 9.17) is 0 Å². The summed E-state index contributed by atoms with van der Waals surface area (Å²) in [6, 6.07) is 8.84. The Morgan fingerprint density at radius 3 is 2.41 bits per heavy atom. The van der Waals surface area contributed by atoms with E-state index in [9.17, 15) is 4.39 Å². The van der Waals surface area contributed by atoms with Crippen molar-refractivity contribution in [1.82, 2.24) is 15.5 Å². The summed E-state index contributed by atoms with van der Waals surface area (Å²) in [5.41, 5.74) is 2.11. The van der Waals surface area contributed by atoms with E-state index in [0.29, 0.717) is 0 Å². The van der Waals surface area contributed by atoms with Gasteiger partial charge < -0.3 is 5.32 Å². The predicted octanol–water partition coefficient (Wildman–Crippen LogP) is 2.96. The first-order valence-corrected chi connectivity index (χ1v) is 5.67. The molecule has 0 fully saturated rings. The monoisotopic (exact) mass is 233 g/mol. The van der Waals surface area contributed by atoms with E-state index in [1.54, 1.807) is 18.3 Å². The van der Waals surface area contributed by atoms with Crippen molar-refractivity contribution < 1.29 is 4.39 Å². The molecule has 17 heavy (non-hydrogen) atoms. The van der Waals surface area contributed by atoms with Crippen LogP contribution in [0.25, 0.3) is 0 Å². The molecule has 0 saturated heterocycles. The molecule has 2 aromatic rings. The summed E-state index contributed by atoms with van der Waals surface area (Å²) in [6.45, 7) is 4.12. The molecule has 90 valence electrons. The zero-order valence-corrected chi connectivity index (χ0v) is 9.94. The van der Waals surface area contributed by atoms with Crippen LogP contribution in [-0.4, -0.2) is 10.2 Å². The van der Waals surface area contributed by atoms with Gasteiger partial charge in [-0.1, -0.05) is 12.1 Å². The van der Waals surface area contributed by atoms with Gasteiger partial charge in [0.1, 0.15) is 5.82 Å². The average molecular weight is 233 g/mol. The summed E-state index contributed by atoms with van der Waals surface area (Å²) in [7, 11) is 0. The van der Waals surface area contributed by atoms with E-state index < -0.39 is 0 Å². The van der Waals surface area contributed by atoms with Crippen molar-refractivity contribution >= 4 is 0 Å². The van der Waals surface area contributed by atoms with E-state index in [0.717, 1.165) is 11.3 Å². The smallest absolute Gasteiger partial charge is 0.123 e. The van der Waals surface area contributed by atoms with Gasteiger partial charge in [-0.25, -0.2) is 4.39 Å². The molecule has 1 unspecified atom stereocenters. The van der Waals surface area contributed by atoms with Gasteiger partial charge in [-0.2, -0.15) is 5.10 Å². The maximum Gasteiger partial charge on any atom is 0.123 e. The molecule has 3 nitrogen and oxygen atoms in total. The van der Waals surface area contributed by atoms with E-state index in [1.165, 1.54) is 12.1 Å². The van der Waals surface area contributed by atoms with E-state index in [2.05, 4.69) is 29.4 Å². The van der Waals surface area contributed by atoms with Crippen LogP contribution in [-0.2, 0) is 0 Å². The van der Waals surface area contributed by atoms with Crippen LogP contribution in [0.2, 0.25) is 0 Å². The van der Waals surface area contributed by atoms with Crippen LogP contribution in [0.4, 0.5) is 4.39 Å². The van der Waals surface area contributed by atoms with Crippen LogP contribution in [0.3, 0.4) is 0 Å². The minimum atomic E-state index is -0.206. The highest BCUT2D eigenvalue weighted by atomic mass is 19.1. The quantitative estimate of drug-likeness (QED) is 0.852. The number of halogens is 1. The Morgan fingerprint density at radius 1 is 1.12 bits per heavy atom. The molecule has 0 saturated carbocycles. The summed E-state index contributed by atoms with van der Waals surface area (Å²) < 4.78 is 12.8. The number of rotatable bonds is 4. The van der Waals surface area contributed by atoms with Crippen LogP contribution in [0.15, 0.2) is 36.5 Å². The first-order chi connectivity index (χ1) is 8.16. The van der Waals surface area contributed by atoms with Crippen LogP contribution >= 0.6 is 0 Å². The Balaban J connectivity index is 2.01. The Kier molecular flexibility index (Phi) is 3.54. The number of aromatic nitrogens is 2. The topological polar surface area (TPSA) is 40.7 Å². The fraction of sp³-hybridized carbons (Fsp3) is 0.308. The van der Waals surface area contributed by atoms with Gasteiger partial charge in [0.25, 0.3) is 0 Å². The molecular formula is C13H16FN3. The molecule has 0 radical (unpaired) electrons. The van der Waals surface area contributed by atoms with Gasteiger partial charge in [0, 0.05) is 18.3 Å². The Morgan fingerprint density at radius 2 is 1.82 bits per heavy atom. The maximum absolute atomic E-state index is 12.8. The Bertz CT molecular complexity index is 450. The fourth-order valence-corrected chi connectivity index (χ4v) is 1.82. The molecule has 2 atom stereocenters. The maximum atomic E-state index is 12.8. The second-order valence-corrected chi connectivity index (χ2v) is 4.17. The number of hydrogen-bond acceptors (Lipinski definition) is 2. The zero-order valence-electron chi connectivity index (χ0n) is 9.94. The fourth-order valence-electron chi connectivity index (χ4n) is 1.82. The highest BCUT2D eigenvalue weighted by molar-refractivity contribution is 5.19. The summed E-state index contributed by atoms with van der Waals surface area (Å²) in [5, 5.41) is 10.3. The van der Waals surface area contributed by atoms with Crippen LogP contribution in [0, 0.1) is 5.82 Å². The molecule has 0 spiro atoms. The third kappa shape index (κ3) is 2.91. The summed E-state index contributed by atoms with van der Waals surface area (Å²) in [4.78, 5) is 0. The number of aromatic amines is 1. The van der Waals surface area contributed by atoms with Crippen LogP contribution in [0.1, 0.15) is 37.2 Å². The van der Waals surface area contributed by atoms with Gasteiger partial charge in [-0.3, -0.25) is 5.10 Å². The van der Waals surface area contributed by atoms with Crippen LogP contribution < -0.4 is 5.32 Å². The Labute approximate surface area is 100 Å². The van der Waals surface area contributed by atoms with Gasteiger partial charge in [-0.15, -0.1) is 0 Å². The van der Waals surface area contributed by atoms with Crippen molar-refractivity contribution in [3.05, 3.63) is 53.6 Å². The summed E-state index contributed by atoms with van der Waals surface area (Å²) >= 11 is 0. The second kappa shape index (κ2) is 5.10. The molecule has 2 N–H and O–H groups in total. The van der Waals surface area contributed by atoms with Crippen LogP contribution in [0.5, 0.6) is 0 Å². The molecule has 2 rings (SSSR count). The average Bonchev–Trinajstić information content (AvgIpc) is 2.83. The van der Waals surface area contributed by atoms with Crippen molar-refractivity contribution in [1.29, 1.82) is 0 Å². The largest absolute Gasteiger partial charge is 0.302 e. The molecule has 1 aromatic carbocycles. The summed E-state index contributed by atoms with van der Waals surface area (Å²) in [5.74, 6) is -0.206. The minimum absolute atomic E-state index is 0.161. The van der Waals surface area contributed by atoms with Crippen molar-refractivity contribution in [3.8, 4) is 0 Å². The van der Waals surface area contributed by atoms with Gasteiger partial charge in [0.05, 0.1) is 5.69 Å². The number of benzene rings is 1. The molecule has 1 aromatic heterocycles. The lowest BCUT2D eigenvalue weighted by Gasteiger charge is -2.19. The number of nitrogens with one attached hydrogen (secondary N) is 2. The van der Waals surface area contributed by atoms with E-state index in [-0.39, 0.29) is 17.9 Å². The minimum Gasteiger partial charge on any atom is -0.302 e. The van der Waals surface area contributed by atoms with Gasteiger partial charge in [0.15, 0.2) is 0 Å². The lowest BCUT2D eigenvalue weighted by molar-refractivity contribution is 0.485. The molecule has 1 heterocycles. The molecular weight excluding hydrogens is 217 g/mol. The lowest BCUT2D eigenvalue weighted by atomic mass is 10.1. The lowest BCUT2D eigenvalue weighted by Crippen LogP contribution is -2.22. The number of H-pyrrole nitrogens is 1. The molecule has 0 bridgehead atoms. The molecule has 0 aliphatic rings. The standard InChI is InChI=1S/C13H16FN3/c1-9(11-3-5-12(14)6-4-11)16-10(2)13-7-8-15-17-13/h3-10,16H,1-2H3,(H,15,17)/t9-,10?/m0/s1. The zero-order chi connectivity index (χ0) is 12.3. The third-order valence-electron chi connectivity index (χ3n) is 2.86. The van der Waals surface area contributed by atoms with Crippen molar-refractivity contribution in [2.24, 2.45) is 0 Å². The molecule has 0 amide bonds. The predicted molar refractivity (Wildman–Crippen MR) is 65.0 cm³/mol. The third-order valence-corrected chi connectivity index (χ3v) is 2.86. The first kappa shape index (κ1) is 11.8. The van der Waals surface area contributed by atoms with E-state index >= 15 is 0 Å². The highest BCUT2D eigenvalue weighted by Crippen LogP contribution is 2.18.